The molecule has 1 fully saturated rings. The zero-order valence-electron chi connectivity index (χ0n) is 18.5. The van der Waals surface area contributed by atoms with Crippen molar-refractivity contribution < 1.29 is 19.0 Å². The number of hydrogen-bond acceptors (Lipinski definition) is 4. The average molecular weight is 433 g/mol. The highest BCUT2D eigenvalue weighted by Gasteiger charge is 2.16. The van der Waals surface area contributed by atoms with Crippen LogP contribution in [-0.2, 0) is 19.0 Å². The third-order valence-electron chi connectivity index (χ3n) is 4.44. The minimum Gasteiger partial charge on any atom is -0.444 e. The standard InChI is InChI=1S/C26H28O4Si/c1-20(27)30-25(23-11-6-22(7-12-23)16-19-31(2,3)4)15-10-21-8-13-24(14-9-21)26-28-17-5-18-29-26/h6-9,11-14,25-26H,5,17-18H2,1-4H3/t25-/m0/s1. The van der Waals surface area contributed by atoms with Crippen molar-refractivity contribution in [3.8, 4) is 23.3 Å². The second-order valence-corrected chi connectivity index (χ2v) is 13.2. The number of ether oxygens (including phenoxy) is 3. The summed E-state index contributed by atoms with van der Waals surface area (Å²) in [5.74, 6) is 9.04. The molecule has 2 aromatic carbocycles. The van der Waals surface area contributed by atoms with Gasteiger partial charge in [0.25, 0.3) is 0 Å². The lowest BCUT2D eigenvalue weighted by atomic mass is 10.1. The molecule has 0 aromatic heterocycles. The largest absolute Gasteiger partial charge is 0.444 e. The molecular formula is C26H28O4Si. The van der Waals surface area contributed by atoms with Gasteiger partial charge in [0, 0.05) is 29.2 Å². The Morgan fingerprint density at radius 2 is 1.55 bits per heavy atom. The summed E-state index contributed by atoms with van der Waals surface area (Å²) in [7, 11) is -1.43. The predicted molar refractivity (Wildman–Crippen MR) is 124 cm³/mol. The van der Waals surface area contributed by atoms with E-state index >= 15 is 0 Å². The lowest BCUT2D eigenvalue weighted by molar-refractivity contribution is -0.183. The maximum Gasteiger partial charge on any atom is 0.304 e. The molecule has 3 rings (SSSR count). The normalized spacial score (nSPS) is 15.1. The molecule has 0 radical (unpaired) electrons. The second-order valence-electron chi connectivity index (χ2n) is 8.43. The molecule has 0 spiro atoms. The van der Waals surface area contributed by atoms with E-state index in [0.29, 0.717) is 13.2 Å². The molecule has 1 heterocycles. The van der Waals surface area contributed by atoms with Crippen LogP contribution in [0.25, 0.3) is 0 Å². The van der Waals surface area contributed by atoms with Crippen molar-refractivity contribution in [3.63, 3.8) is 0 Å². The van der Waals surface area contributed by atoms with Crippen LogP contribution in [0, 0.1) is 23.3 Å². The smallest absolute Gasteiger partial charge is 0.304 e. The van der Waals surface area contributed by atoms with Gasteiger partial charge in [0.05, 0.1) is 13.2 Å². The Bertz CT molecular complexity index is 1010. The minimum absolute atomic E-state index is 0.313. The lowest BCUT2D eigenvalue weighted by Gasteiger charge is -2.23. The fourth-order valence-electron chi connectivity index (χ4n) is 2.90. The van der Waals surface area contributed by atoms with Crippen molar-refractivity contribution in [3.05, 3.63) is 70.8 Å². The first-order valence-corrected chi connectivity index (χ1v) is 14.0. The Hall–Kier alpha value is -2.83. The quantitative estimate of drug-likeness (QED) is 0.389. The summed E-state index contributed by atoms with van der Waals surface area (Å²) in [6, 6.07) is 15.5. The van der Waals surface area contributed by atoms with Gasteiger partial charge in [0.1, 0.15) is 8.07 Å². The van der Waals surface area contributed by atoms with Crippen molar-refractivity contribution in [2.45, 2.75) is 45.4 Å². The number of hydrogen-bond donors (Lipinski definition) is 0. The van der Waals surface area contributed by atoms with Gasteiger partial charge in [-0.1, -0.05) is 55.7 Å². The van der Waals surface area contributed by atoms with Crippen LogP contribution in [0.1, 0.15) is 48.0 Å². The maximum absolute atomic E-state index is 11.6. The number of benzene rings is 2. The molecule has 1 saturated heterocycles. The van der Waals surface area contributed by atoms with Gasteiger partial charge in [-0.25, -0.2) is 0 Å². The third kappa shape index (κ3) is 7.42. The van der Waals surface area contributed by atoms with E-state index in [-0.39, 0.29) is 12.3 Å². The molecule has 4 nitrogen and oxygen atoms in total. The summed E-state index contributed by atoms with van der Waals surface area (Å²) >= 11 is 0. The number of esters is 1. The molecule has 31 heavy (non-hydrogen) atoms. The van der Waals surface area contributed by atoms with E-state index < -0.39 is 14.2 Å². The van der Waals surface area contributed by atoms with Gasteiger partial charge in [-0.2, -0.15) is 0 Å². The first-order valence-electron chi connectivity index (χ1n) is 10.5. The van der Waals surface area contributed by atoms with Gasteiger partial charge in [0.15, 0.2) is 12.4 Å². The van der Waals surface area contributed by atoms with Crippen molar-refractivity contribution in [1.82, 2.24) is 0 Å². The van der Waals surface area contributed by atoms with Crippen LogP contribution >= 0.6 is 0 Å². The first kappa shape index (κ1) is 22.8. The van der Waals surface area contributed by atoms with Crippen LogP contribution in [0.15, 0.2) is 48.5 Å². The topological polar surface area (TPSA) is 44.8 Å². The Balaban J connectivity index is 1.75. The van der Waals surface area contributed by atoms with Crippen molar-refractivity contribution in [2.75, 3.05) is 13.2 Å². The van der Waals surface area contributed by atoms with Gasteiger partial charge in [-0.3, -0.25) is 4.79 Å². The van der Waals surface area contributed by atoms with Crippen molar-refractivity contribution >= 4 is 14.0 Å². The maximum atomic E-state index is 11.6. The van der Waals surface area contributed by atoms with Gasteiger partial charge in [0.2, 0.25) is 0 Å². The van der Waals surface area contributed by atoms with Crippen LogP contribution < -0.4 is 0 Å². The predicted octanol–water partition coefficient (Wildman–Crippen LogP) is 5.01. The average Bonchev–Trinajstić information content (AvgIpc) is 2.76. The molecule has 5 heteroatoms. The number of rotatable bonds is 3. The van der Waals surface area contributed by atoms with E-state index in [1.165, 1.54) is 6.92 Å². The number of carbonyl (C=O) groups is 1. The molecule has 0 unspecified atom stereocenters. The van der Waals surface area contributed by atoms with E-state index in [9.17, 15) is 4.79 Å². The van der Waals surface area contributed by atoms with Gasteiger partial charge in [-0.05, 0) is 36.6 Å². The van der Waals surface area contributed by atoms with Crippen LogP contribution in [0.4, 0.5) is 0 Å². The van der Waals surface area contributed by atoms with Crippen LogP contribution in [-0.4, -0.2) is 27.3 Å². The molecule has 0 bridgehead atoms. The molecule has 0 aliphatic carbocycles. The summed E-state index contributed by atoms with van der Waals surface area (Å²) in [5, 5.41) is 0. The van der Waals surface area contributed by atoms with Gasteiger partial charge in [-0.15, -0.1) is 5.54 Å². The van der Waals surface area contributed by atoms with Gasteiger partial charge >= 0.3 is 5.97 Å². The highest BCUT2D eigenvalue weighted by molar-refractivity contribution is 6.83. The fourth-order valence-corrected chi connectivity index (χ4v) is 3.42. The molecule has 1 aliphatic heterocycles. The van der Waals surface area contributed by atoms with E-state index in [1.807, 2.05) is 48.5 Å². The van der Waals surface area contributed by atoms with E-state index in [1.54, 1.807) is 0 Å². The number of carbonyl (C=O) groups excluding carboxylic acids is 1. The zero-order valence-corrected chi connectivity index (χ0v) is 19.5. The van der Waals surface area contributed by atoms with Crippen LogP contribution in [0.3, 0.4) is 0 Å². The molecule has 0 N–H and O–H groups in total. The SMILES string of the molecule is CC(=O)O[C@@H](C#Cc1ccc(C2OCCCO2)cc1)c1ccc(C#C[Si](C)(C)C)cc1. The summed E-state index contributed by atoms with van der Waals surface area (Å²) < 4.78 is 16.7. The van der Waals surface area contributed by atoms with Gasteiger partial charge < -0.3 is 14.2 Å². The summed E-state index contributed by atoms with van der Waals surface area (Å²) in [4.78, 5) is 11.6. The third-order valence-corrected chi connectivity index (χ3v) is 5.31. The Kier molecular flexibility index (Phi) is 7.71. The first-order chi connectivity index (χ1) is 14.8. The summed E-state index contributed by atoms with van der Waals surface area (Å²) in [5.41, 5.74) is 6.92. The van der Waals surface area contributed by atoms with Crippen LogP contribution in [0.5, 0.6) is 0 Å². The zero-order chi connectivity index (χ0) is 22.3. The summed E-state index contributed by atoms with van der Waals surface area (Å²) in [6.45, 7) is 9.44. The molecule has 2 aromatic rings. The molecule has 1 aliphatic rings. The van der Waals surface area contributed by atoms with E-state index in [4.69, 9.17) is 14.2 Å². The lowest BCUT2D eigenvalue weighted by Crippen LogP contribution is -2.17. The molecular weight excluding hydrogens is 404 g/mol. The molecule has 160 valence electrons. The summed E-state index contributed by atoms with van der Waals surface area (Å²) in [6.07, 6.45) is -0.0305. The second kappa shape index (κ2) is 10.5. The van der Waals surface area contributed by atoms with Crippen molar-refractivity contribution in [1.29, 1.82) is 0 Å². The fraction of sp³-hybridized carbons (Fsp3) is 0.346. The molecule has 1 atom stereocenters. The van der Waals surface area contributed by atoms with Crippen molar-refractivity contribution in [2.24, 2.45) is 0 Å². The highest BCUT2D eigenvalue weighted by Crippen LogP contribution is 2.23. The molecule has 0 amide bonds. The van der Waals surface area contributed by atoms with E-state index in [2.05, 4.69) is 42.9 Å². The van der Waals surface area contributed by atoms with E-state index in [0.717, 1.165) is 28.7 Å². The Morgan fingerprint density at radius 3 is 2.13 bits per heavy atom. The highest BCUT2D eigenvalue weighted by atomic mass is 28.3. The monoisotopic (exact) mass is 432 g/mol. The Labute approximate surface area is 185 Å². The minimum atomic E-state index is -1.43. The molecule has 0 saturated carbocycles. The Morgan fingerprint density at radius 1 is 0.968 bits per heavy atom. The van der Waals surface area contributed by atoms with Crippen LogP contribution in [0.2, 0.25) is 19.6 Å².